The van der Waals surface area contributed by atoms with Gasteiger partial charge < -0.3 is 10.6 Å². The molecule has 2 aromatic rings. The van der Waals surface area contributed by atoms with E-state index in [-0.39, 0.29) is 21.9 Å². The number of hydrogen-bond acceptors (Lipinski definition) is 3. The van der Waals surface area contributed by atoms with E-state index in [2.05, 4.69) is 101 Å². The van der Waals surface area contributed by atoms with Crippen LogP contribution in [0.4, 0.5) is 11.4 Å². The molecule has 3 nitrogen and oxygen atoms in total. The van der Waals surface area contributed by atoms with Crippen LogP contribution in [-0.4, -0.2) is 11.4 Å². The second-order valence-corrected chi connectivity index (χ2v) is 11.9. The van der Waals surface area contributed by atoms with Gasteiger partial charge >= 0.3 is 0 Å². The average molecular weight is 417 g/mol. The Morgan fingerprint density at radius 1 is 0.774 bits per heavy atom. The van der Waals surface area contributed by atoms with Crippen LogP contribution in [0.15, 0.2) is 48.5 Å². The van der Waals surface area contributed by atoms with Crippen molar-refractivity contribution in [3.8, 4) is 0 Å². The summed E-state index contributed by atoms with van der Waals surface area (Å²) in [5.41, 5.74) is 3.85. The second-order valence-electron chi connectivity index (χ2n) is 11.9. The van der Waals surface area contributed by atoms with Crippen LogP contribution >= 0.6 is 0 Å². The summed E-state index contributed by atoms with van der Waals surface area (Å²) in [6, 6.07) is 17.3. The van der Waals surface area contributed by atoms with E-state index >= 15 is 0 Å². The summed E-state index contributed by atoms with van der Waals surface area (Å²) in [6.45, 7) is 13.5. The topological polar surface area (TPSA) is 41.1 Å². The summed E-state index contributed by atoms with van der Waals surface area (Å²) in [7, 11) is 0. The van der Waals surface area contributed by atoms with Gasteiger partial charge in [-0.15, -0.1) is 0 Å². The molecule has 5 rings (SSSR count). The van der Waals surface area contributed by atoms with Gasteiger partial charge in [-0.1, -0.05) is 71.0 Å². The molecule has 1 aliphatic heterocycles. The number of fused-ring (bicyclic) bond motifs is 3. The highest BCUT2D eigenvalue weighted by molar-refractivity contribution is 5.97. The number of Topliss-reactive ketones (excluding diaryl/α,β-unsaturated/α-hetero) is 1. The van der Waals surface area contributed by atoms with Crippen molar-refractivity contribution in [3.63, 3.8) is 0 Å². The Bertz CT molecular complexity index is 1070. The summed E-state index contributed by atoms with van der Waals surface area (Å²) >= 11 is 0. The van der Waals surface area contributed by atoms with Gasteiger partial charge in [0.05, 0.1) is 5.41 Å². The van der Waals surface area contributed by atoms with Gasteiger partial charge in [0.15, 0.2) is 0 Å². The van der Waals surface area contributed by atoms with Crippen molar-refractivity contribution >= 4 is 17.2 Å². The van der Waals surface area contributed by atoms with Gasteiger partial charge in [0.25, 0.3) is 0 Å². The van der Waals surface area contributed by atoms with Crippen LogP contribution in [0.2, 0.25) is 0 Å². The van der Waals surface area contributed by atoms with Crippen LogP contribution in [0.1, 0.15) is 78.4 Å². The summed E-state index contributed by atoms with van der Waals surface area (Å²) in [4.78, 5) is 13.5. The highest BCUT2D eigenvalue weighted by Crippen LogP contribution is 2.64. The van der Waals surface area contributed by atoms with Gasteiger partial charge in [-0.05, 0) is 55.9 Å². The Morgan fingerprint density at radius 2 is 1.42 bits per heavy atom. The van der Waals surface area contributed by atoms with Crippen LogP contribution in [0.3, 0.4) is 0 Å². The monoisotopic (exact) mass is 416 g/mol. The molecule has 2 aliphatic carbocycles. The molecule has 164 valence electrons. The van der Waals surface area contributed by atoms with Crippen molar-refractivity contribution in [2.75, 3.05) is 10.6 Å². The predicted molar refractivity (Wildman–Crippen MR) is 129 cm³/mol. The fourth-order valence-corrected chi connectivity index (χ4v) is 7.01. The fraction of sp³-hybridized carbons (Fsp3) is 0.536. The molecule has 31 heavy (non-hydrogen) atoms. The minimum absolute atomic E-state index is 0.0277. The molecule has 2 fully saturated rings. The maximum absolute atomic E-state index is 13.5. The molecule has 0 aromatic heterocycles. The Hall–Kier alpha value is -2.29. The van der Waals surface area contributed by atoms with Crippen LogP contribution in [0.5, 0.6) is 0 Å². The van der Waals surface area contributed by atoms with Crippen LogP contribution < -0.4 is 10.6 Å². The molecule has 2 saturated carbocycles. The van der Waals surface area contributed by atoms with E-state index in [9.17, 15) is 4.79 Å². The van der Waals surface area contributed by atoms with Gasteiger partial charge in [0.1, 0.15) is 11.4 Å². The summed E-state index contributed by atoms with van der Waals surface area (Å²) in [6.07, 6.45) is 4.11. The molecule has 3 atom stereocenters. The van der Waals surface area contributed by atoms with Crippen molar-refractivity contribution in [2.24, 2.45) is 10.8 Å². The predicted octanol–water partition coefficient (Wildman–Crippen LogP) is 6.65. The third kappa shape index (κ3) is 2.49. The molecule has 2 N–H and O–H groups in total. The first-order chi connectivity index (χ1) is 14.5. The molecule has 2 aromatic carbocycles. The minimum Gasteiger partial charge on any atom is -0.361 e. The van der Waals surface area contributed by atoms with Crippen LogP contribution in [0, 0.1) is 10.8 Å². The number of rotatable bonds is 3. The minimum atomic E-state index is -0.450. The molecule has 2 unspecified atom stereocenters. The molecule has 0 spiro atoms. The highest BCUT2D eigenvalue weighted by atomic mass is 16.1. The van der Waals surface area contributed by atoms with Crippen molar-refractivity contribution in [3.05, 3.63) is 59.7 Å². The van der Waals surface area contributed by atoms with E-state index in [1.54, 1.807) is 0 Å². The van der Waals surface area contributed by atoms with E-state index in [1.165, 1.54) is 11.3 Å². The van der Waals surface area contributed by atoms with Crippen molar-refractivity contribution < 1.29 is 4.79 Å². The zero-order valence-electron chi connectivity index (χ0n) is 19.9. The summed E-state index contributed by atoms with van der Waals surface area (Å²) < 4.78 is 0. The standard InChI is InChI=1S/C28H36N2O/c1-24(2)15-17-26(5,23(24)31)19-11-7-9-13-21(19)29-28-25(3,4)16-18-27(28,6)20-12-8-10-14-22(20)30-28/h7-14,29-30H,15-18H2,1-6H3/t26-,27?,28?/m0/s1. The Labute approximate surface area is 187 Å². The number of ketones is 1. The van der Waals surface area contributed by atoms with E-state index in [0.717, 1.165) is 36.9 Å². The average Bonchev–Trinajstić information content (AvgIpc) is 3.20. The molecule has 0 saturated heterocycles. The Morgan fingerprint density at radius 3 is 2.10 bits per heavy atom. The Balaban J connectivity index is 1.64. The lowest BCUT2D eigenvalue weighted by Crippen LogP contribution is -2.61. The quantitative estimate of drug-likeness (QED) is 0.589. The molecule has 3 aliphatic rings. The second kappa shape index (κ2) is 6.15. The van der Waals surface area contributed by atoms with Gasteiger partial charge in [-0.2, -0.15) is 0 Å². The number of carbonyl (C=O) groups excluding carboxylic acids is 1. The summed E-state index contributed by atoms with van der Waals surface area (Å²) in [5, 5.41) is 8.00. The third-order valence-corrected chi connectivity index (χ3v) is 9.15. The number of benzene rings is 2. The highest BCUT2D eigenvalue weighted by Gasteiger charge is 2.66. The fourth-order valence-electron chi connectivity index (χ4n) is 7.01. The first-order valence-corrected chi connectivity index (χ1v) is 11.8. The molecule has 0 amide bonds. The lowest BCUT2D eigenvalue weighted by Gasteiger charge is -2.49. The molecule has 0 bridgehead atoms. The first kappa shape index (κ1) is 20.6. The first-order valence-electron chi connectivity index (χ1n) is 11.8. The van der Waals surface area contributed by atoms with Crippen LogP contribution in [-0.2, 0) is 15.6 Å². The largest absolute Gasteiger partial charge is 0.361 e. The summed E-state index contributed by atoms with van der Waals surface area (Å²) in [5.74, 6) is 0.364. The van der Waals surface area contributed by atoms with Crippen LogP contribution in [0.25, 0.3) is 0 Å². The van der Waals surface area contributed by atoms with Crippen molar-refractivity contribution in [1.82, 2.24) is 0 Å². The zero-order chi connectivity index (χ0) is 22.3. The molecule has 0 radical (unpaired) electrons. The third-order valence-electron chi connectivity index (χ3n) is 9.15. The lowest BCUT2D eigenvalue weighted by atomic mass is 9.69. The lowest BCUT2D eigenvalue weighted by molar-refractivity contribution is -0.128. The van der Waals surface area contributed by atoms with E-state index < -0.39 is 5.41 Å². The van der Waals surface area contributed by atoms with Crippen molar-refractivity contribution in [2.45, 2.75) is 83.7 Å². The molecule has 1 heterocycles. The smallest absolute Gasteiger partial charge is 0.148 e. The maximum atomic E-state index is 13.5. The van der Waals surface area contributed by atoms with Gasteiger partial charge in [-0.25, -0.2) is 0 Å². The Kier molecular flexibility index (Phi) is 4.09. The SMILES string of the molecule is CC1(C)CC[C@@](C)(c2ccccc2NC23Nc4ccccc4C2(C)CCC3(C)C)C1=O. The number of hydrogen-bond donors (Lipinski definition) is 2. The molecular formula is C28H36N2O. The normalized spacial score (nSPS) is 34.8. The van der Waals surface area contributed by atoms with E-state index in [0.29, 0.717) is 5.78 Å². The number of carbonyl (C=O) groups is 1. The molecular weight excluding hydrogens is 380 g/mol. The van der Waals surface area contributed by atoms with E-state index in [1.807, 2.05) is 0 Å². The van der Waals surface area contributed by atoms with Gasteiger partial charge in [0.2, 0.25) is 0 Å². The maximum Gasteiger partial charge on any atom is 0.148 e. The van der Waals surface area contributed by atoms with Gasteiger partial charge in [0, 0.05) is 27.6 Å². The van der Waals surface area contributed by atoms with Crippen molar-refractivity contribution in [1.29, 1.82) is 0 Å². The number of anilines is 2. The number of nitrogens with one attached hydrogen (secondary N) is 2. The van der Waals surface area contributed by atoms with E-state index in [4.69, 9.17) is 0 Å². The molecule has 3 heteroatoms. The number of para-hydroxylation sites is 2. The zero-order valence-corrected chi connectivity index (χ0v) is 19.9. The van der Waals surface area contributed by atoms with Gasteiger partial charge in [-0.3, -0.25) is 4.79 Å².